The number of nitrogens with one attached hydrogen (secondary N) is 2. The number of amides is 2. The van der Waals surface area contributed by atoms with E-state index in [1.807, 2.05) is 56.3 Å². The maximum atomic E-state index is 12.5. The predicted molar refractivity (Wildman–Crippen MR) is 129 cm³/mol. The molecule has 0 saturated carbocycles. The Bertz CT molecular complexity index is 1090. The topological polar surface area (TPSA) is 76.7 Å². The molecule has 0 spiro atoms. The number of hydrogen-bond acceptors (Lipinski definition) is 5. The fourth-order valence-electron chi connectivity index (χ4n) is 3.15. The van der Waals surface area contributed by atoms with Gasteiger partial charge < -0.3 is 20.1 Å². The summed E-state index contributed by atoms with van der Waals surface area (Å²) in [6, 6.07) is 18.3. The summed E-state index contributed by atoms with van der Waals surface area (Å²) in [7, 11) is 3.07. The van der Waals surface area contributed by atoms with Crippen LogP contribution in [0, 0.1) is 13.8 Å². The molecule has 0 aliphatic heterocycles. The van der Waals surface area contributed by atoms with Crippen LogP contribution in [-0.4, -0.2) is 31.8 Å². The van der Waals surface area contributed by atoms with Crippen molar-refractivity contribution in [2.75, 3.05) is 30.6 Å². The molecular weight excluding hydrogens is 424 g/mol. The van der Waals surface area contributed by atoms with Crippen molar-refractivity contribution in [2.45, 2.75) is 18.7 Å². The fourth-order valence-corrected chi connectivity index (χ4v) is 3.85. The fraction of sp³-hybridized carbons (Fsp3) is 0.200. The van der Waals surface area contributed by atoms with E-state index < -0.39 is 0 Å². The van der Waals surface area contributed by atoms with Gasteiger partial charge in [-0.05, 0) is 67.4 Å². The van der Waals surface area contributed by atoms with Crippen molar-refractivity contribution >= 4 is 35.0 Å². The Morgan fingerprint density at radius 1 is 0.844 bits per heavy atom. The Kier molecular flexibility index (Phi) is 7.78. The first-order valence-corrected chi connectivity index (χ1v) is 11.0. The van der Waals surface area contributed by atoms with Crippen LogP contribution in [0.1, 0.15) is 21.5 Å². The number of ether oxygens (including phenoxy) is 2. The number of rotatable bonds is 8. The highest BCUT2D eigenvalue weighted by molar-refractivity contribution is 8.00. The zero-order valence-electron chi connectivity index (χ0n) is 18.5. The maximum absolute atomic E-state index is 12.5. The lowest BCUT2D eigenvalue weighted by Crippen LogP contribution is -2.15. The zero-order valence-corrected chi connectivity index (χ0v) is 19.3. The number of carbonyl (C=O) groups is 2. The summed E-state index contributed by atoms with van der Waals surface area (Å²) in [6.07, 6.45) is 0. The van der Waals surface area contributed by atoms with Crippen molar-refractivity contribution in [3.8, 4) is 11.5 Å². The Balaban J connectivity index is 1.56. The minimum atomic E-state index is -0.251. The Hall–Kier alpha value is -3.45. The highest BCUT2D eigenvalue weighted by Gasteiger charge is 2.12. The van der Waals surface area contributed by atoms with Crippen molar-refractivity contribution in [2.24, 2.45) is 0 Å². The predicted octanol–water partition coefficient (Wildman–Crippen LogP) is 5.30. The molecule has 166 valence electrons. The van der Waals surface area contributed by atoms with Crippen LogP contribution in [0.5, 0.6) is 11.5 Å². The highest BCUT2D eigenvalue weighted by Crippen LogP contribution is 2.28. The molecule has 0 aliphatic rings. The molecule has 3 aromatic rings. The summed E-state index contributed by atoms with van der Waals surface area (Å²) in [4.78, 5) is 25.8. The third kappa shape index (κ3) is 5.82. The van der Waals surface area contributed by atoms with Gasteiger partial charge in [0.15, 0.2) is 11.5 Å². The van der Waals surface area contributed by atoms with Gasteiger partial charge in [0.05, 0.1) is 20.0 Å². The molecule has 0 aromatic heterocycles. The second-order valence-corrected chi connectivity index (χ2v) is 8.20. The first kappa shape index (κ1) is 23.2. The molecule has 0 fully saturated rings. The standard InChI is InChI=1S/C25H26N2O4S/c1-16-6-5-7-17(2)24(16)27-23(28)15-32-20-11-9-19(10-12-20)26-25(29)18-8-13-21(30-3)22(14-18)31-4/h5-14H,15H2,1-4H3,(H,26,29)(H,27,28). The number of benzene rings is 3. The van der Waals surface area contributed by atoms with Gasteiger partial charge in [-0.1, -0.05) is 18.2 Å². The molecule has 0 saturated heterocycles. The third-order valence-electron chi connectivity index (χ3n) is 4.87. The number of para-hydroxylation sites is 1. The third-order valence-corrected chi connectivity index (χ3v) is 5.89. The molecule has 0 aliphatic carbocycles. The number of aryl methyl sites for hydroxylation is 2. The minimum absolute atomic E-state index is 0.0572. The summed E-state index contributed by atoms with van der Waals surface area (Å²) >= 11 is 1.44. The molecular formula is C25H26N2O4S. The Labute approximate surface area is 192 Å². The number of methoxy groups -OCH3 is 2. The van der Waals surface area contributed by atoms with E-state index in [1.54, 1.807) is 25.3 Å². The van der Waals surface area contributed by atoms with Gasteiger partial charge in [0.25, 0.3) is 5.91 Å². The SMILES string of the molecule is COc1ccc(C(=O)Nc2ccc(SCC(=O)Nc3c(C)cccc3C)cc2)cc1OC. The van der Waals surface area contributed by atoms with Crippen molar-refractivity contribution < 1.29 is 19.1 Å². The molecule has 32 heavy (non-hydrogen) atoms. The summed E-state index contributed by atoms with van der Waals surface area (Å²) in [5.41, 5.74) is 4.07. The molecule has 2 amide bonds. The lowest BCUT2D eigenvalue weighted by molar-refractivity contribution is -0.113. The smallest absolute Gasteiger partial charge is 0.255 e. The number of thioether (sulfide) groups is 1. The van der Waals surface area contributed by atoms with Gasteiger partial charge in [0.1, 0.15) is 0 Å². The monoisotopic (exact) mass is 450 g/mol. The van der Waals surface area contributed by atoms with Gasteiger partial charge in [-0.15, -0.1) is 11.8 Å². The van der Waals surface area contributed by atoms with E-state index in [9.17, 15) is 9.59 Å². The van der Waals surface area contributed by atoms with Crippen molar-refractivity contribution in [1.82, 2.24) is 0 Å². The summed E-state index contributed by atoms with van der Waals surface area (Å²) in [5.74, 6) is 1.04. The number of carbonyl (C=O) groups excluding carboxylic acids is 2. The largest absolute Gasteiger partial charge is 0.493 e. The summed E-state index contributed by atoms with van der Waals surface area (Å²) < 4.78 is 10.4. The normalized spacial score (nSPS) is 10.4. The molecule has 3 aromatic carbocycles. The molecule has 6 nitrogen and oxygen atoms in total. The average molecular weight is 451 g/mol. The van der Waals surface area contributed by atoms with E-state index in [0.717, 1.165) is 21.7 Å². The van der Waals surface area contributed by atoms with Crippen molar-refractivity contribution in [1.29, 1.82) is 0 Å². The van der Waals surface area contributed by atoms with Crippen LogP contribution in [0.15, 0.2) is 65.6 Å². The van der Waals surface area contributed by atoms with E-state index in [0.29, 0.717) is 28.5 Å². The zero-order chi connectivity index (χ0) is 23.1. The van der Waals surface area contributed by atoms with Crippen molar-refractivity contribution in [3.05, 3.63) is 77.4 Å². The molecule has 2 N–H and O–H groups in total. The molecule has 3 rings (SSSR count). The van der Waals surface area contributed by atoms with Crippen LogP contribution in [0.4, 0.5) is 11.4 Å². The first-order chi connectivity index (χ1) is 15.4. The van der Waals surface area contributed by atoms with Crippen LogP contribution < -0.4 is 20.1 Å². The van der Waals surface area contributed by atoms with Gasteiger partial charge >= 0.3 is 0 Å². The summed E-state index contributed by atoms with van der Waals surface area (Å²) in [6.45, 7) is 3.95. The molecule has 0 atom stereocenters. The summed E-state index contributed by atoms with van der Waals surface area (Å²) in [5, 5.41) is 5.85. The van der Waals surface area contributed by atoms with Crippen LogP contribution >= 0.6 is 11.8 Å². The second-order valence-electron chi connectivity index (χ2n) is 7.15. The molecule has 0 bridgehead atoms. The lowest BCUT2D eigenvalue weighted by Gasteiger charge is -2.11. The molecule has 7 heteroatoms. The average Bonchev–Trinajstić information content (AvgIpc) is 2.80. The number of hydrogen-bond donors (Lipinski definition) is 2. The van der Waals surface area contributed by atoms with Gasteiger partial charge in [-0.3, -0.25) is 9.59 Å². The van der Waals surface area contributed by atoms with Gasteiger partial charge in [-0.25, -0.2) is 0 Å². The second kappa shape index (κ2) is 10.7. The quantitative estimate of drug-likeness (QED) is 0.455. The van der Waals surface area contributed by atoms with Crippen LogP contribution in [0.25, 0.3) is 0 Å². The molecule has 0 radical (unpaired) electrons. The highest BCUT2D eigenvalue weighted by atomic mass is 32.2. The Morgan fingerprint density at radius 2 is 1.50 bits per heavy atom. The molecule has 0 unspecified atom stereocenters. The van der Waals surface area contributed by atoms with Crippen LogP contribution in [0.3, 0.4) is 0 Å². The van der Waals surface area contributed by atoms with Gasteiger partial charge in [-0.2, -0.15) is 0 Å². The first-order valence-electron chi connectivity index (χ1n) is 10.0. The van der Waals surface area contributed by atoms with E-state index >= 15 is 0 Å². The van der Waals surface area contributed by atoms with Crippen molar-refractivity contribution in [3.63, 3.8) is 0 Å². The van der Waals surface area contributed by atoms with Crippen LogP contribution in [-0.2, 0) is 4.79 Å². The maximum Gasteiger partial charge on any atom is 0.255 e. The van der Waals surface area contributed by atoms with Gasteiger partial charge in [0, 0.05) is 21.8 Å². The van der Waals surface area contributed by atoms with Gasteiger partial charge in [0.2, 0.25) is 5.91 Å². The van der Waals surface area contributed by atoms with E-state index in [2.05, 4.69) is 10.6 Å². The van der Waals surface area contributed by atoms with E-state index in [4.69, 9.17) is 9.47 Å². The van der Waals surface area contributed by atoms with E-state index in [1.165, 1.54) is 18.9 Å². The number of anilines is 2. The van der Waals surface area contributed by atoms with E-state index in [-0.39, 0.29) is 11.8 Å². The molecule has 0 heterocycles. The lowest BCUT2D eigenvalue weighted by atomic mass is 10.1. The minimum Gasteiger partial charge on any atom is -0.493 e. The van der Waals surface area contributed by atoms with Crippen LogP contribution in [0.2, 0.25) is 0 Å². The Morgan fingerprint density at radius 3 is 2.12 bits per heavy atom.